The molecule has 2 aliphatic rings. The molecule has 2 aromatic carbocycles. The molecule has 10 nitrogen and oxygen atoms in total. The van der Waals surface area contributed by atoms with Crippen molar-refractivity contribution in [2.75, 3.05) is 41.7 Å². The summed E-state index contributed by atoms with van der Waals surface area (Å²) in [7, 11) is 0. The molecule has 1 saturated heterocycles. The molecule has 1 fully saturated rings. The number of carbonyl (C=O) groups is 1. The largest absolute Gasteiger partial charge is 0.369 e. The fourth-order valence-corrected chi connectivity index (χ4v) is 6.40. The maximum atomic E-state index is 15.0. The molecule has 3 aromatic heterocycles. The van der Waals surface area contributed by atoms with Crippen molar-refractivity contribution < 1.29 is 9.18 Å². The van der Waals surface area contributed by atoms with E-state index in [1.54, 1.807) is 35.3 Å². The number of nitrogens with zero attached hydrogens (tertiary/aromatic N) is 6. The molecule has 7 rings (SSSR count). The zero-order chi connectivity index (χ0) is 27.8. The molecule has 0 spiro atoms. The molecule has 0 bridgehead atoms. The molecule has 0 atom stereocenters. The van der Waals surface area contributed by atoms with E-state index in [0.29, 0.717) is 35.0 Å². The Kier molecular flexibility index (Phi) is 6.61. The highest BCUT2D eigenvalue weighted by molar-refractivity contribution is 7.19. The lowest BCUT2D eigenvalue weighted by atomic mass is 9.96. The van der Waals surface area contributed by atoms with Crippen molar-refractivity contribution in [3.63, 3.8) is 0 Å². The van der Waals surface area contributed by atoms with Gasteiger partial charge in [-0.3, -0.25) is 5.32 Å². The molecular weight excluding hydrogens is 541 g/mol. The molecule has 206 valence electrons. The van der Waals surface area contributed by atoms with E-state index in [1.165, 1.54) is 23.7 Å². The highest BCUT2D eigenvalue weighted by atomic mass is 32.1. The monoisotopic (exact) mass is 567 g/mol. The predicted molar refractivity (Wildman–Crippen MR) is 157 cm³/mol. The Labute approximate surface area is 239 Å². The lowest BCUT2D eigenvalue weighted by Crippen LogP contribution is -2.43. The zero-order valence-electron chi connectivity index (χ0n) is 22.0. The lowest BCUT2D eigenvalue weighted by molar-refractivity contribution is 0.262. The highest BCUT2D eigenvalue weighted by Crippen LogP contribution is 2.44. The Bertz CT molecular complexity index is 1730. The van der Waals surface area contributed by atoms with Gasteiger partial charge in [0.2, 0.25) is 0 Å². The number of halogens is 1. The van der Waals surface area contributed by atoms with Crippen molar-refractivity contribution in [1.29, 1.82) is 0 Å². The van der Waals surface area contributed by atoms with Crippen LogP contribution < -0.4 is 20.9 Å². The van der Waals surface area contributed by atoms with Crippen molar-refractivity contribution in [3.8, 4) is 27.5 Å². The number of benzene rings is 2. The Morgan fingerprint density at radius 1 is 1.00 bits per heavy atom. The minimum Gasteiger partial charge on any atom is -0.369 e. The van der Waals surface area contributed by atoms with Gasteiger partial charge in [-0.25, -0.2) is 28.8 Å². The first-order valence-corrected chi connectivity index (χ1v) is 14.2. The van der Waals surface area contributed by atoms with Gasteiger partial charge >= 0.3 is 6.03 Å². The van der Waals surface area contributed by atoms with Crippen LogP contribution in [-0.4, -0.2) is 56.9 Å². The smallest absolute Gasteiger partial charge is 0.325 e. The number of rotatable bonds is 5. The van der Waals surface area contributed by atoms with E-state index in [4.69, 9.17) is 10.1 Å². The van der Waals surface area contributed by atoms with Crippen molar-refractivity contribution in [2.24, 2.45) is 0 Å². The second-order valence-corrected chi connectivity index (χ2v) is 10.8. The normalized spacial score (nSPS) is 14.3. The van der Waals surface area contributed by atoms with Crippen molar-refractivity contribution in [1.82, 2.24) is 30.0 Å². The first-order chi connectivity index (χ1) is 20.1. The third kappa shape index (κ3) is 4.92. The number of aryl methyl sites for hydroxylation is 1. The van der Waals surface area contributed by atoms with Gasteiger partial charge in [0.15, 0.2) is 5.13 Å². The van der Waals surface area contributed by atoms with Crippen LogP contribution in [0.2, 0.25) is 0 Å². The second-order valence-electron chi connectivity index (χ2n) is 9.83. The van der Waals surface area contributed by atoms with Crippen LogP contribution in [0.5, 0.6) is 0 Å². The molecule has 1 aliphatic carbocycles. The first-order valence-electron chi connectivity index (χ1n) is 13.4. The minimum atomic E-state index is -0.383. The van der Waals surface area contributed by atoms with Crippen LogP contribution in [0.4, 0.5) is 25.7 Å². The summed E-state index contributed by atoms with van der Waals surface area (Å²) in [5, 5.41) is 14.5. The van der Waals surface area contributed by atoms with Gasteiger partial charge in [0, 0.05) is 61.1 Å². The van der Waals surface area contributed by atoms with E-state index >= 15 is 0 Å². The number of urea groups is 1. The number of para-hydroxylation sites is 1. The first kappa shape index (κ1) is 25.3. The number of carbonyl (C=O) groups excluding carboxylic acids is 1. The number of aromatic nitrogens is 5. The molecule has 1 aliphatic heterocycles. The van der Waals surface area contributed by atoms with Crippen LogP contribution >= 0.6 is 11.3 Å². The highest BCUT2D eigenvalue weighted by Gasteiger charge is 2.31. The number of piperazine rings is 1. The van der Waals surface area contributed by atoms with Gasteiger partial charge < -0.3 is 15.5 Å². The average molecular weight is 568 g/mol. The molecule has 41 heavy (non-hydrogen) atoms. The fraction of sp³-hybridized carbons (Fsp3) is 0.207. The van der Waals surface area contributed by atoms with Gasteiger partial charge in [-0.2, -0.15) is 5.10 Å². The lowest BCUT2D eigenvalue weighted by Gasteiger charge is -2.29. The number of thiazole rings is 1. The van der Waals surface area contributed by atoms with Crippen LogP contribution in [0.25, 0.3) is 27.5 Å². The van der Waals surface area contributed by atoms with Gasteiger partial charge in [-0.15, -0.1) is 0 Å². The van der Waals surface area contributed by atoms with Crippen LogP contribution in [-0.2, 0) is 12.8 Å². The molecule has 0 unspecified atom stereocenters. The summed E-state index contributed by atoms with van der Waals surface area (Å²) in [6, 6.07) is 14.0. The van der Waals surface area contributed by atoms with Gasteiger partial charge in [0.1, 0.15) is 17.8 Å². The number of amides is 2. The SMILES string of the molecule is O=C(Nc1cccc(N2CCNCC2)c1)Nc1nc2c(s1)-c1c(c(-c3cncnc3)nn1-c1ccccc1F)CC2. The van der Waals surface area contributed by atoms with Crippen LogP contribution in [0.1, 0.15) is 11.3 Å². The summed E-state index contributed by atoms with van der Waals surface area (Å²) in [4.78, 5) is 29.2. The Morgan fingerprint density at radius 2 is 1.83 bits per heavy atom. The topological polar surface area (TPSA) is 113 Å². The van der Waals surface area contributed by atoms with Gasteiger partial charge in [0.05, 0.1) is 22.0 Å². The molecular formula is C29H26FN9OS. The van der Waals surface area contributed by atoms with Gasteiger partial charge in [-0.1, -0.05) is 29.5 Å². The van der Waals surface area contributed by atoms with Gasteiger partial charge in [-0.05, 0) is 43.2 Å². The summed E-state index contributed by atoms with van der Waals surface area (Å²) in [5.74, 6) is -0.383. The second kappa shape index (κ2) is 10.7. The molecule has 3 N–H and O–H groups in total. The Morgan fingerprint density at radius 3 is 2.66 bits per heavy atom. The maximum absolute atomic E-state index is 15.0. The van der Waals surface area contributed by atoms with Crippen LogP contribution in [0.3, 0.4) is 0 Å². The zero-order valence-corrected chi connectivity index (χ0v) is 22.8. The molecule has 0 saturated carbocycles. The average Bonchev–Trinajstić information content (AvgIpc) is 3.59. The predicted octanol–water partition coefficient (Wildman–Crippen LogP) is 4.74. The quantitative estimate of drug-likeness (QED) is 0.281. The van der Waals surface area contributed by atoms with E-state index in [1.807, 2.05) is 18.2 Å². The number of nitrogens with one attached hydrogen (secondary N) is 3. The molecule has 5 aromatic rings. The summed E-state index contributed by atoms with van der Waals surface area (Å²) in [5.41, 5.74) is 6.16. The molecule has 0 radical (unpaired) electrons. The number of hydrogen-bond acceptors (Lipinski definition) is 8. The van der Waals surface area contributed by atoms with Gasteiger partial charge in [0.25, 0.3) is 0 Å². The summed E-state index contributed by atoms with van der Waals surface area (Å²) in [6.07, 6.45) is 6.21. The number of fused-ring (bicyclic) bond motifs is 3. The minimum absolute atomic E-state index is 0.338. The van der Waals surface area contributed by atoms with E-state index in [0.717, 1.165) is 59.3 Å². The van der Waals surface area contributed by atoms with Crippen molar-refractivity contribution in [2.45, 2.75) is 12.8 Å². The maximum Gasteiger partial charge on any atom is 0.325 e. The Hall–Kier alpha value is -4.68. The molecule has 4 heterocycles. The van der Waals surface area contributed by atoms with E-state index in [9.17, 15) is 9.18 Å². The molecule has 12 heteroatoms. The van der Waals surface area contributed by atoms with Crippen LogP contribution in [0.15, 0.2) is 67.3 Å². The third-order valence-corrected chi connectivity index (χ3v) is 8.25. The molecule has 2 amide bonds. The standard InChI is InChI=1S/C29H26FN9OS/c30-22-6-1-2-7-24(22)39-26-21(25(37-39)18-15-32-17-33-16-18)8-9-23-27(26)41-29(35-23)36-28(40)34-19-4-3-5-20(14-19)38-12-10-31-11-13-38/h1-7,14-17,31H,8-13H2,(H2,34,35,36,40). The number of hydrogen-bond donors (Lipinski definition) is 3. The van der Waals surface area contributed by atoms with E-state index in [2.05, 4.69) is 36.9 Å². The fourth-order valence-electron chi connectivity index (χ4n) is 5.34. The third-order valence-electron chi connectivity index (χ3n) is 7.23. The summed E-state index contributed by atoms with van der Waals surface area (Å²) in [6.45, 7) is 3.71. The summed E-state index contributed by atoms with van der Waals surface area (Å²) < 4.78 is 16.6. The van der Waals surface area contributed by atoms with Crippen LogP contribution in [0, 0.1) is 5.82 Å². The Balaban J connectivity index is 1.19. The van der Waals surface area contributed by atoms with E-state index < -0.39 is 0 Å². The van der Waals surface area contributed by atoms with E-state index in [-0.39, 0.29) is 11.8 Å². The summed E-state index contributed by atoms with van der Waals surface area (Å²) >= 11 is 1.35. The van der Waals surface area contributed by atoms with Crippen molar-refractivity contribution >= 4 is 33.9 Å². The number of anilines is 3. The van der Waals surface area contributed by atoms with Crippen molar-refractivity contribution in [3.05, 3.63) is 84.3 Å².